The van der Waals surface area contributed by atoms with Crippen LogP contribution in [0.15, 0.2) is 54.7 Å². The molecule has 3 aromatic rings. The summed E-state index contributed by atoms with van der Waals surface area (Å²) in [6.45, 7) is 1.86. The van der Waals surface area contributed by atoms with Crippen molar-refractivity contribution in [2.75, 3.05) is 18.0 Å². The van der Waals surface area contributed by atoms with Gasteiger partial charge >= 0.3 is 0 Å². The molecule has 1 aromatic heterocycles. The Morgan fingerprint density at radius 1 is 1.04 bits per heavy atom. The molecule has 1 aliphatic heterocycles. The second-order valence-electron chi connectivity index (χ2n) is 6.04. The largest absolute Gasteiger partial charge is 0.371 e. The third-order valence-electron chi connectivity index (χ3n) is 4.72. The van der Waals surface area contributed by atoms with Gasteiger partial charge in [0.15, 0.2) is 0 Å². The van der Waals surface area contributed by atoms with E-state index in [1.165, 1.54) is 5.69 Å². The number of piperidine rings is 1. The molecule has 0 unspecified atom stereocenters. The Labute approximate surface area is 135 Å². The molecule has 1 saturated heterocycles. The maximum Gasteiger partial charge on any atom is 0.126 e. The number of fused-ring (bicyclic) bond motifs is 1. The second-order valence-corrected chi connectivity index (χ2v) is 6.04. The average molecular weight is 305 g/mol. The molecular formula is C20H18FN2. The lowest BCUT2D eigenvalue weighted by Crippen LogP contribution is -2.33. The molecule has 0 amide bonds. The van der Waals surface area contributed by atoms with Gasteiger partial charge in [0.25, 0.3) is 0 Å². The number of aromatic nitrogens is 1. The predicted octanol–water partition coefficient (Wildman–Crippen LogP) is 4.56. The Kier molecular flexibility index (Phi) is 3.70. The highest BCUT2D eigenvalue weighted by Crippen LogP contribution is 2.33. The van der Waals surface area contributed by atoms with Crippen molar-refractivity contribution in [2.45, 2.75) is 18.8 Å². The van der Waals surface area contributed by atoms with Gasteiger partial charge in [-0.05, 0) is 54.7 Å². The molecule has 0 spiro atoms. The van der Waals surface area contributed by atoms with Crippen LogP contribution in [0.3, 0.4) is 0 Å². The number of hydrogen-bond acceptors (Lipinski definition) is 2. The molecular weight excluding hydrogens is 287 g/mol. The van der Waals surface area contributed by atoms with Gasteiger partial charge in [-0.1, -0.05) is 24.3 Å². The Hall–Kier alpha value is -2.42. The zero-order valence-electron chi connectivity index (χ0n) is 12.9. The van der Waals surface area contributed by atoms with Gasteiger partial charge in [0.05, 0.1) is 5.52 Å². The first-order valence-corrected chi connectivity index (χ1v) is 8.08. The molecule has 1 fully saturated rings. The molecule has 2 heterocycles. The Bertz CT molecular complexity index is 817. The van der Waals surface area contributed by atoms with Crippen LogP contribution in [0.4, 0.5) is 10.1 Å². The van der Waals surface area contributed by atoms with Gasteiger partial charge in [0.2, 0.25) is 0 Å². The van der Waals surface area contributed by atoms with E-state index >= 15 is 0 Å². The summed E-state index contributed by atoms with van der Waals surface area (Å²) in [4.78, 5) is 6.78. The van der Waals surface area contributed by atoms with E-state index in [1.807, 2.05) is 30.3 Å². The van der Waals surface area contributed by atoms with E-state index in [9.17, 15) is 4.39 Å². The van der Waals surface area contributed by atoms with Gasteiger partial charge in [0, 0.05) is 30.4 Å². The van der Waals surface area contributed by atoms with Crippen molar-refractivity contribution in [3.8, 4) is 0 Å². The SMILES string of the molecule is Fc1ccccc1C1CCN(c2cccc3ncc[c]c23)CC1. The van der Waals surface area contributed by atoms with Crippen molar-refractivity contribution in [1.82, 2.24) is 4.98 Å². The number of benzene rings is 2. The van der Waals surface area contributed by atoms with Crippen LogP contribution >= 0.6 is 0 Å². The normalized spacial score (nSPS) is 16.0. The molecule has 23 heavy (non-hydrogen) atoms. The lowest BCUT2D eigenvalue weighted by atomic mass is 9.89. The molecule has 0 saturated carbocycles. The summed E-state index contributed by atoms with van der Waals surface area (Å²) in [5.41, 5.74) is 3.02. The average Bonchev–Trinajstić information content (AvgIpc) is 2.62. The number of anilines is 1. The molecule has 2 aromatic carbocycles. The summed E-state index contributed by atoms with van der Waals surface area (Å²) < 4.78 is 14.0. The fourth-order valence-electron chi connectivity index (χ4n) is 3.52. The Morgan fingerprint density at radius 3 is 2.70 bits per heavy atom. The van der Waals surface area contributed by atoms with Crippen LogP contribution < -0.4 is 4.90 Å². The van der Waals surface area contributed by atoms with Gasteiger partial charge in [-0.3, -0.25) is 4.98 Å². The maximum absolute atomic E-state index is 14.0. The molecule has 4 rings (SSSR count). The van der Waals surface area contributed by atoms with Gasteiger partial charge in [-0.25, -0.2) is 4.39 Å². The summed E-state index contributed by atoms with van der Waals surface area (Å²) in [7, 11) is 0. The fraction of sp³-hybridized carbons (Fsp3) is 0.250. The summed E-state index contributed by atoms with van der Waals surface area (Å²) >= 11 is 0. The van der Waals surface area contributed by atoms with Crippen molar-refractivity contribution in [3.63, 3.8) is 0 Å². The highest BCUT2D eigenvalue weighted by molar-refractivity contribution is 5.91. The third-order valence-corrected chi connectivity index (χ3v) is 4.72. The van der Waals surface area contributed by atoms with Crippen LogP contribution in [0.25, 0.3) is 10.9 Å². The third kappa shape index (κ3) is 2.67. The minimum Gasteiger partial charge on any atom is -0.371 e. The zero-order valence-corrected chi connectivity index (χ0v) is 12.9. The van der Waals surface area contributed by atoms with E-state index in [0.29, 0.717) is 5.92 Å². The molecule has 1 aliphatic rings. The molecule has 0 bridgehead atoms. The molecule has 0 N–H and O–H groups in total. The van der Waals surface area contributed by atoms with E-state index in [4.69, 9.17) is 0 Å². The van der Waals surface area contributed by atoms with Crippen molar-refractivity contribution in [3.05, 3.63) is 72.2 Å². The molecule has 115 valence electrons. The van der Waals surface area contributed by atoms with Crippen molar-refractivity contribution >= 4 is 16.6 Å². The predicted molar refractivity (Wildman–Crippen MR) is 91.2 cm³/mol. The summed E-state index contributed by atoms with van der Waals surface area (Å²) in [6.07, 6.45) is 3.71. The number of nitrogens with zero attached hydrogens (tertiary/aromatic N) is 2. The monoisotopic (exact) mass is 305 g/mol. The van der Waals surface area contributed by atoms with Gasteiger partial charge < -0.3 is 4.90 Å². The first kappa shape index (κ1) is 14.2. The van der Waals surface area contributed by atoms with E-state index in [1.54, 1.807) is 18.3 Å². The zero-order chi connectivity index (χ0) is 15.6. The Balaban J connectivity index is 1.57. The van der Waals surface area contributed by atoms with Crippen molar-refractivity contribution in [2.24, 2.45) is 0 Å². The topological polar surface area (TPSA) is 16.1 Å². The van der Waals surface area contributed by atoms with Crippen LogP contribution in [0.2, 0.25) is 0 Å². The second kappa shape index (κ2) is 5.99. The molecule has 2 nitrogen and oxygen atoms in total. The number of hydrogen-bond donors (Lipinski definition) is 0. The maximum atomic E-state index is 14.0. The minimum atomic E-state index is -0.0753. The standard InChI is InChI=1S/C20H18FN2/c21-18-7-2-1-5-16(18)15-10-13-23(14-11-15)20-9-3-8-19-17(20)6-4-12-22-19/h1-5,7-9,12,15H,10-11,13-14H2. The fourth-order valence-corrected chi connectivity index (χ4v) is 3.52. The van der Waals surface area contributed by atoms with Gasteiger partial charge in [-0.15, -0.1) is 0 Å². The highest BCUT2D eigenvalue weighted by Gasteiger charge is 2.23. The first-order chi connectivity index (χ1) is 11.3. The smallest absolute Gasteiger partial charge is 0.126 e. The first-order valence-electron chi connectivity index (χ1n) is 8.08. The highest BCUT2D eigenvalue weighted by atomic mass is 19.1. The van der Waals surface area contributed by atoms with Gasteiger partial charge in [0.1, 0.15) is 5.82 Å². The van der Waals surface area contributed by atoms with E-state index < -0.39 is 0 Å². The van der Waals surface area contributed by atoms with Crippen LogP contribution in [0.1, 0.15) is 24.3 Å². The van der Waals surface area contributed by atoms with Gasteiger partial charge in [-0.2, -0.15) is 0 Å². The van der Waals surface area contributed by atoms with Crippen molar-refractivity contribution < 1.29 is 4.39 Å². The molecule has 3 heteroatoms. The molecule has 0 aliphatic carbocycles. The lowest BCUT2D eigenvalue weighted by molar-refractivity contribution is 0.482. The molecule has 0 atom stereocenters. The van der Waals surface area contributed by atoms with E-state index in [2.05, 4.69) is 22.0 Å². The summed E-state index contributed by atoms with van der Waals surface area (Å²) in [6, 6.07) is 18.5. The van der Waals surface area contributed by atoms with Crippen molar-refractivity contribution in [1.29, 1.82) is 0 Å². The lowest BCUT2D eigenvalue weighted by Gasteiger charge is -2.34. The van der Waals surface area contributed by atoms with E-state index in [0.717, 1.165) is 42.4 Å². The van der Waals surface area contributed by atoms with Crippen LogP contribution in [0.5, 0.6) is 0 Å². The van der Waals surface area contributed by atoms with Crippen LogP contribution in [-0.2, 0) is 0 Å². The molecule has 1 radical (unpaired) electrons. The summed E-state index contributed by atoms with van der Waals surface area (Å²) in [5, 5.41) is 1.07. The number of pyridine rings is 1. The Morgan fingerprint density at radius 2 is 1.87 bits per heavy atom. The van der Waals surface area contributed by atoms with Crippen LogP contribution in [0, 0.1) is 11.9 Å². The number of rotatable bonds is 2. The van der Waals surface area contributed by atoms with Crippen LogP contribution in [-0.4, -0.2) is 18.1 Å². The quantitative estimate of drug-likeness (QED) is 0.690. The minimum absolute atomic E-state index is 0.0753. The number of halogens is 1. The van der Waals surface area contributed by atoms with E-state index in [-0.39, 0.29) is 5.82 Å². The summed E-state index contributed by atoms with van der Waals surface area (Å²) in [5.74, 6) is 0.234.